The van der Waals surface area contributed by atoms with Crippen LogP contribution in [0.1, 0.15) is 0 Å². The minimum Gasteiger partial charge on any atom is -0.316 e. The van der Waals surface area contributed by atoms with Crippen LogP contribution in [0.5, 0.6) is 0 Å². The summed E-state index contributed by atoms with van der Waals surface area (Å²) < 4.78 is 0. The molecule has 0 aromatic carbocycles. The van der Waals surface area contributed by atoms with Crippen molar-refractivity contribution < 1.29 is 14.8 Å². The average Bonchev–Trinajstić information content (AvgIpc) is 1.69. The van der Waals surface area contributed by atoms with Gasteiger partial charge in [0.05, 0.1) is 0 Å². The fraction of sp³-hybridized carbons (Fsp3) is 0.333. The molecule has 0 saturated heterocycles. The highest BCUT2D eigenvalue weighted by Crippen LogP contribution is 2.05. The molecule has 1 aliphatic heterocycles. The molecule has 0 amide bonds. The lowest BCUT2D eigenvalue weighted by atomic mass is 10.7. The molecule has 1 rings (SSSR count). The molecule has 0 saturated carbocycles. The molecule has 0 aliphatic carbocycles. The largest absolute Gasteiger partial charge is 0.316 e. The highest BCUT2D eigenvalue weighted by molar-refractivity contribution is 7.80. The second-order valence-electron chi connectivity index (χ2n) is 0.980. The van der Waals surface area contributed by atoms with Gasteiger partial charge in [-0.25, -0.2) is 0 Å². The molecule has 0 fully saturated rings. The topological polar surface area (TPSA) is 27.7 Å². The Balaban J connectivity index is 2.36. The van der Waals surface area contributed by atoms with Crippen molar-refractivity contribution in [1.82, 2.24) is 0 Å². The summed E-state index contributed by atoms with van der Waals surface area (Å²) >= 11 is 3.85. The third-order valence-corrected chi connectivity index (χ3v) is 0.734. The lowest BCUT2D eigenvalue weighted by Gasteiger charge is -2.07. The first-order chi connectivity index (χ1) is 3.39. The van der Waals surface area contributed by atoms with E-state index in [-0.39, 0.29) is 5.44 Å². The van der Waals surface area contributed by atoms with Gasteiger partial charge in [0.15, 0.2) is 5.44 Å². The summed E-state index contributed by atoms with van der Waals surface area (Å²) in [6.07, 6.45) is 2.97. The highest BCUT2D eigenvalue weighted by atomic mass is 32.1. The van der Waals surface area contributed by atoms with Crippen LogP contribution < -0.4 is 0 Å². The number of hydrogen-bond acceptors (Lipinski definition) is 4. The van der Waals surface area contributed by atoms with E-state index in [4.69, 9.17) is 0 Å². The molecule has 1 atom stereocenters. The normalized spacial score (nSPS) is 29.6. The van der Waals surface area contributed by atoms with Gasteiger partial charge in [-0.2, -0.15) is 4.89 Å². The third kappa shape index (κ3) is 1.38. The van der Waals surface area contributed by atoms with Crippen LogP contribution in [0.25, 0.3) is 0 Å². The molecular weight excluding hydrogens is 116 g/mol. The van der Waals surface area contributed by atoms with Gasteiger partial charge in [-0.3, -0.25) is 0 Å². The molecule has 3 nitrogen and oxygen atoms in total. The van der Waals surface area contributed by atoms with Crippen molar-refractivity contribution in [3.63, 3.8) is 0 Å². The molecule has 0 aromatic rings. The monoisotopic (exact) mass is 120 g/mol. The van der Waals surface area contributed by atoms with Gasteiger partial charge in [0, 0.05) is 0 Å². The quantitative estimate of drug-likeness (QED) is 0.375. The summed E-state index contributed by atoms with van der Waals surface area (Å²) in [5.41, 5.74) is -0.297. The summed E-state index contributed by atoms with van der Waals surface area (Å²) in [4.78, 5) is 8.52. The lowest BCUT2D eigenvalue weighted by Crippen LogP contribution is -2.06. The third-order valence-electron chi connectivity index (χ3n) is 0.476. The Labute approximate surface area is 46.1 Å². The van der Waals surface area contributed by atoms with E-state index in [1.165, 1.54) is 6.26 Å². The molecule has 7 heavy (non-hydrogen) atoms. The molecule has 40 valence electrons. The highest BCUT2D eigenvalue weighted by Gasteiger charge is 2.02. The molecular formula is C3H4O3S. The van der Waals surface area contributed by atoms with Crippen LogP contribution >= 0.6 is 12.6 Å². The molecule has 1 heterocycles. The van der Waals surface area contributed by atoms with E-state index in [1.54, 1.807) is 6.08 Å². The first-order valence-corrected chi connectivity index (χ1v) is 2.25. The molecule has 0 aromatic heterocycles. The Hall–Kier alpha value is -0.190. The first kappa shape index (κ1) is 4.96. The Morgan fingerprint density at radius 3 is 2.71 bits per heavy atom. The maximum Gasteiger partial charge on any atom is 0.161 e. The molecule has 0 bridgehead atoms. The number of hydrogen-bond donors (Lipinski definition) is 1. The Kier molecular flexibility index (Phi) is 1.56. The van der Waals surface area contributed by atoms with Crippen molar-refractivity contribution in [3.8, 4) is 0 Å². The van der Waals surface area contributed by atoms with Gasteiger partial charge in [0.25, 0.3) is 0 Å². The van der Waals surface area contributed by atoms with E-state index in [2.05, 4.69) is 27.4 Å². The van der Waals surface area contributed by atoms with Gasteiger partial charge in [-0.05, 0) is 11.1 Å². The van der Waals surface area contributed by atoms with Crippen LogP contribution in [0.15, 0.2) is 12.3 Å². The smallest absolute Gasteiger partial charge is 0.161 e. The molecule has 0 N–H and O–H groups in total. The van der Waals surface area contributed by atoms with Crippen molar-refractivity contribution in [1.29, 1.82) is 0 Å². The average molecular weight is 120 g/mol. The van der Waals surface area contributed by atoms with Gasteiger partial charge in [0.1, 0.15) is 6.26 Å². The van der Waals surface area contributed by atoms with E-state index >= 15 is 0 Å². The number of rotatable bonds is 0. The van der Waals surface area contributed by atoms with Gasteiger partial charge < -0.3 is 4.89 Å². The maximum absolute atomic E-state index is 4.33. The second-order valence-corrected chi connectivity index (χ2v) is 1.49. The van der Waals surface area contributed by atoms with Crippen LogP contribution in [-0.2, 0) is 14.8 Å². The second kappa shape index (κ2) is 2.20. The summed E-state index contributed by atoms with van der Waals surface area (Å²) in [6, 6.07) is 0. The van der Waals surface area contributed by atoms with E-state index in [1.807, 2.05) is 0 Å². The standard InChI is InChI=1S/C3H4O3S/c7-3-1-2-4-6-5-3/h1-3,7H. The zero-order valence-electron chi connectivity index (χ0n) is 3.40. The van der Waals surface area contributed by atoms with E-state index < -0.39 is 0 Å². The van der Waals surface area contributed by atoms with Crippen LogP contribution in [0.3, 0.4) is 0 Å². The van der Waals surface area contributed by atoms with Gasteiger partial charge in [-0.1, -0.05) is 0 Å². The summed E-state index contributed by atoms with van der Waals surface area (Å²) in [7, 11) is 0. The SMILES string of the molecule is SC1C=COOO1. The van der Waals surface area contributed by atoms with E-state index in [9.17, 15) is 0 Å². The van der Waals surface area contributed by atoms with Crippen molar-refractivity contribution in [2.24, 2.45) is 0 Å². The predicted molar refractivity (Wildman–Crippen MR) is 25.2 cm³/mol. The molecule has 0 radical (unpaired) electrons. The molecule has 1 unspecified atom stereocenters. The lowest BCUT2D eigenvalue weighted by molar-refractivity contribution is -0.499. The maximum atomic E-state index is 4.33. The van der Waals surface area contributed by atoms with Gasteiger partial charge in [0.2, 0.25) is 0 Å². The van der Waals surface area contributed by atoms with E-state index in [0.29, 0.717) is 0 Å². The van der Waals surface area contributed by atoms with Gasteiger partial charge >= 0.3 is 0 Å². The fourth-order valence-corrected chi connectivity index (χ4v) is 0.322. The van der Waals surface area contributed by atoms with Crippen molar-refractivity contribution in [2.45, 2.75) is 5.44 Å². The summed E-state index contributed by atoms with van der Waals surface area (Å²) in [5.74, 6) is 0. The number of thiol groups is 1. The minimum absolute atomic E-state index is 0.297. The Morgan fingerprint density at radius 2 is 2.43 bits per heavy atom. The first-order valence-electron chi connectivity index (χ1n) is 1.73. The fourth-order valence-electron chi connectivity index (χ4n) is 0.217. The zero-order valence-corrected chi connectivity index (χ0v) is 4.30. The van der Waals surface area contributed by atoms with Crippen LogP contribution in [-0.4, -0.2) is 5.44 Å². The summed E-state index contributed by atoms with van der Waals surface area (Å²) in [6.45, 7) is 0. The van der Waals surface area contributed by atoms with Gasteiger partial charge in [-0.15, -0.1) is 12.6 Å². The van der Waals surface area contributed by atoms with Crippen molar-refractivity contribution in [2.75, 3.05) is 0 Å². The Morgan fingerprint density at radius 1 is 1.57 bits per heavy atom. The zero-order chi connectivity index (χ0) is 5.11. The molecule has 1 aliphatic rings. The van der Waals surface area contributed by atoms with Crippen LogP contribution in [0, 0.1) is 0 Å². The Bertz CT molecular complexity index is 82.2. The molecule has 0 spiro atoms. The van der Waals surface area contributed by atoms with Crippen molar-refractivity contribution >= 4 is 12.6 Å². The minimum atomic E-state index is -0.297. The van der Waals surface area contributed by atoms with Crippen LogP contribution in [0.2, 0.25) is 0 Å². The van der Waals surface area contributed by atoms with Crippen molar-refractivity contribution in [3.05, 3.63) is 12.3 Å². The predicted octanol–water partition coefficient (Wildman–Crippen LogP) is 0.649. The van der Waals surface area contributed by atoms with Crippen LogP contribution in [0.4, 0.5) is 0 Å². The van der Waals surface area contributed by atoms with E-state index in [0.717, 1.165) is 0 Å². The molecule has 4 heteroatoms. The summed E-state index contributed by atoms with van der Waals surface area (Å²) in [5, 5.41) is 4.02.